The van der Waals surface area contributed by atoms with Crippen LogP contribution in [0, 0.1) is 6.92 Å². The molecule has 0 aromatic heterocycles. The largest absolute Gasteiger partial charge is 0.370 e. The molecule has 28 heavy (non-hydrogen) atoms. The Balaban J connectivity index is 0.00000280. The number of amides is 1. The van der Waals surface area contributed by atoms with E-state index in [1.165, 1.54) is 11.1 Å². The molecule has 0 bridgehead atoms. The van der Waals surface area contributed by atoms with Crippen LogP contribution in [0.2, 0.25) is 0 Å². The highest BCUT2D eigenvalue weighted by Gasteiger charge is 2.25. The van der Waals surface area contributed by atoms with Crippen LogP contribution in [-0.4, -0.2) is 55.6 Å². The molecule has 7 heteroatoms. The van der Waals surface area contributed by atoms with Gasteiger partial charge in [-0.05, 0) is 44.2 Å². The van der Waals surface area contributed by atoms with Crippen molar-refractivity contribution < 1.29 is 9.53 Å². The summed E-state index contributed by atoms with van der Waals surface area (Å²) in [5, 5.41) is 6.42. The van der Waals surface area contributed by atoms with Crippen LogP contribution < -0.4 is 10.6 Å². The van der Waals surface area contributed by atoms with Gasteiger partial charge in [-0.3, -0.25) is 9.79 Å². The van der Waals surface area contributed by atoms with E-state index < -0.39 is 0 Å². The number of aryl methyl sites for hydroxylation is 1. The fourth-order valence-electron chi connectivity index (χ4n) is 3.36. The Bertz CT molecular complexity index is 664. The minimum absolute atomic E-state index is 0. The molecular weight excluding hydrogens is 467 g/mol. The number of carbonyl (C=O) groups excluding carboxylic acids is 1. The highest BCUT2D eigenvalue weighted by Crippen LogP contribution is 2.25. The lowest BCUT2D eigenvalue weighted by molar-refractivity contribution is -0.121. The Labute approximate surface area is 185 Å². The van der Waals surface area contributed by atoms with Gasteiger partial charge < -0.3 is 20.3 Å². The van der Waals surface area contributed by atoms with Gasteiger partial charge >= 0.3 is 0 Å². The van der Waals surface area contributed by atoms with Gasteiger partial charge in [-0.2, -0.15) is 0 Å². The van der Waals surface area contributed by atoms with E-state index in [9.17, 15) is 4.79 Å². The molecule has 1 aromatic carbocycles. The van der Waals surface area contributed by atoms with E-state index >= 15 is 0 Å². The van der Waals surface area contributed by atoms with Crippen LogP contribution in [0.5, 0.6) is 0 Å². The number of nitrogens with zero attached hydrogens (tertiary/aromatic N) is 2. The number of guanidine groups is 1. The number of aliphatic imine (C=N–C) groups is 1. The summed E-state index contributed by atoms with van der Waals surface area (Å²) in [5.41, 5.74) is 2.50. The number of hydrogen-bond donors (Lipinski definition) is 2. The summed E-state index contributed by atoms with van der Waals surface area (Å²) in [5.74, 6) is 1.07. The monoisotopic (exact) mass is 500 g/mol. The molecule has 1 saturated heterocycles. The fraction of sp³-hybridized carbons (Fsp3) is 0.619. The Morgan fingerprint density at radius 3 is 2.82 bits per heavy atom. The van der Waals surface area contributed by atoms with Crippen LogP contribution in [0.3, 0.4) is 0 Å². The Kier molecular flexibility index (Phi) is 9.50. The first-order chi connectivity index (χ1) is 13.2. The number of rotatable bonds is 7. The molecule has 1 aromatic rings. The number of nitrogens with one attached hydrogen (secondary N) is 2. The fourth-order valence-corrected chi connectivity index (χ4v) is 3.36. The third-order valence-electron chi connectivity index (χ3n) is 5.00. The summed E-state index contributed by atoms with van der Waals surface area (Å²) in [7, 11) is 0. The van der Waals surface area contributed by atoms with Crippen LogP contribution >= 0.6 is 24.0 Å². The van der Waals surface area contributed by atoms with Crippen molar-refractivity contribution in [2.75, 3.05) is 32.8 Å². The van der Waals surface area contributed by atoms with E-state index in [4.69, 9.17) is 9.73 Å². The lowest BCUT2D eigenvalue weighted by atomic mass is 10.0. The van der Waals surface area contributed by atoms with Crippen molar-refractivity contribution >= 4 is 35.8 Å². The maximum absolute atomic E-state index is 11.8. The lowest BCUT2D eigenvalue weighted by Crippen LogP contribution is -2.48. The normalized spacial score (nSPS) is 19.7. The third-order valence-corrected chi connectivity index (χ3v) is 5.00. The topological polar surface area (TPSA) is 66.0 Å². The molecule has 2 aliphatic rings. The van der Waals surface area contributed by atoms with Crippen molar-refractivity contribution in [3.05, 3.63) is 35.4 Å². The molecule has 2 fully saturated rings. The Morgan fingerprint density at radius 1 is 1.32 bits per heavy atom. The van der Waals surface area contributed by atoms with Crippen molar-refractivity contribution in [2.24, 2.45) is 4.99 Å². The minimum atomic E-state index is 0. The summed E-state index contributed by atoms with van der Waals surface area (Å²) in [6, 6.07) is 8.83. The summed E-state index contributed by atoms with van der Waals surface area (Å²) in [4.78, 5) is 18.8. The first kappa shape index (κ1) is 22.9. The van der Waals surface area contributed by atoms with Crippen molar-refractivity contribution in [1.29, 1.82) is 0 Å². The average molecular weight is 500 g/mol. The zero-order valence-corrected chi connectivity index (χ0v) is 19.3. The average Bonchev–Trinajstić information content (AvgIpc) is 3.48. The molecule has 2 N–H and O–H groups in total. The van der Waals surface area contributed by atoms with Crippen LogP contribution in [-0.2, 0) is 9.53 Å². The van der Waals surface area contributed by atoms with Gasteiger partial charge in [0.2, 0.25) is 5.91 Å². The van der Waals surface area contributed by atoms with Crippen molar-refractivity contribution in [3.8, 4) is 0 Å². The van der Waals surface area contributed by atoms with Crippen LogP contribution in [0.4, 0.5) is 0 Å². The molecule has 6 nitrogen and oxygen atoms in total. The molecule has 156 valence electrons. The Hall–Kier alpha value is -1.35. The summed E-state index contributed by atoms with van der Waals surface area (Å²) >= 11 is 0. The molecule has 1 saturated carbocycles. The number of ether oxygens (including phenoxy) is 1. The van der Waals surface area contributed by atoms with Gasteiger partial charge in [0.15, 0.2) is 5.96 Å². The quantitative estimate of drug-likeness (QED) is 0.262. The molecular formula is C21H33IN4O2. The van der Waals surface area contributed by atoms with Gasteiger partial charge in [-0.15, -0.1) is 24.0 Å². The molecule has 1 aliphatic carbocycles. The lowest BCUT2D eigenvalue weighted by Gasteiger charge is -2.35. The molecule has 3 rings (SSSR count). The summed E-state index contributed by atoms with van der Waals surface area (Å²) in [6.45, 7) is 8.00. The highest BCUT2D eigenvalue weighted by atomic mass is 127. The zero-order chi connectivity index (χ0) is 19.1. The van der Waals surface area contributed by atoms with E-state index in [0.717, 1.165) is 44.9 Å². The van der Waals surface area contributed by atoms with Crippen LogP contribution in [0.25, 0.3) is 0 Å². The van der Waals surface area contributed by atoms with Gasteiger partial charge in [-0.1, -0.05) is 24.3 Å². The van der Waals surface area contributed by atoms with Crippen LogP contribution in [0.15, 0.2) is 29.3 Å². The standard InChI is InChI=1S/C21H32N4O2.HI/c1-3-22-21(23-12-6-9-20(26)24-17-10-11-17)25-13-14-27-19(15-25)18-8-5-4-7-16(18)2;/h4-5,7-8,17,19H,3,6,9-15H2,1-2H3,(H,22,23)(H,24,26);1H. The van der Waals surface area contributed by atoms with E-state index in [0.29, 0.717) is 25.6 Å². The van der Waals surface area contributed by atoms with E-state index in [2.05, 4.69) is 53.6 Å². The van der Waals surface area contributed by atoms with Gasteiger partial charge in [0.05, 0.1) is 13.2 Å². The smallest absolute Gasteiger partial charge is 0.220 e. The molecule has 1 amide bonds. The predicted molar refractivity (Wildman–Crippen MR) is 123 cm³/mol. The second-order valence-electron chi connectivity index (χ2n) is 7.34. The predicted octanol–water partition coefficient (Wildman–Crippen LogP) is 3.01. The van der Waals surface area contributed by atoms with Gasteiger partial charge in [0.1, 0.15) is 6.10 Å². The highest BCUT2D eigenvalue weighted by molar-refractivity contribution is 14.0. The number of carbonyl (C=O) groups is 1. The molecule has 1 aliphatic heterocycles. The molecule has 0 radical (unpaired) electrons. The first-order valence-corrected chi connectivity index (χ1v) is 10.2. The molecule has 1 heterocycles. The SMILES string of the molecule is CCNC(=NCCCC(=O)NC1CC1)N1CCOC(c2ccccc2C)C1.I. The van der Waals surface area contributed by atoms with Crippen molar-refractivity contribution in [3.63, 3.8) is 0 Å². The molecule has 1 unspecified atom stereocenters. The van der Waals surface area contributed by atoms with E-state index in [-0.39, 0.29) is 36.0 Å². The summed E-state index contributed by atoms with van der Waals surface area (Å²) < 4.78 is 6.03. The van der Waals surface area contributed by atoms with Crippen LogP contribution in [0.1, 0.15) is 49.8 Å². The number of morpholine rings is 1. The van der Waals surface area contributed by atoms with Crippen molar-refractivity contribution in [1.82, 2.24) is 15.5 Å². The first-order valence-electron chi connectivity index (χ1n) is 10.2. The van der Waals surface area contributed by atoms with Gasteiger partial charge in [0.25, 0.3) is 0 Å². The third kappa shape index (κ3) is 6.92. The summed E-state index contributed by atoms with van der Waals surface area (Å²) in [6.07, 6.45) is 3.65. The van der Waals surface area contributed by atoms with Gasteiger partial charge in [0, 0.05) is 32.1 Å². The Morgan fingerprint density at radius 2 is 2.11 bits per heavy atom. The number of hydrogen-bond acceptors (Lipinski definition) is 3. The second-order valence-corrected chi connectivity index (χ2v) is 7.34. The molecule has 0 spiro atoms. The maximum atomic E-state index is 11.8. The van der Waals surface area contributed by atoms with E-state index in [1.807, 2.05) is 0 Å². The van der Waals surface area contributed by atoms with E-state index in [1.54, 1.807) is 0 Å². The second kappa shape index (κ2) is 11.6. The van der Waals surface area contributed by atoms with Gasteiger partial charge in [-0.25, -0.2) is 0 Å². The maximum Gasteiger partial charge on any atom is 0.220 e. The van der Waals surface area contributed by atoms with Crippen molar-refractivity contribution in [2.45, 2.75) is 51.7 Å². The number of benzene rings is 1. The minimum Gasteiger partial charge on any atom is -0.370 e. The number of halogens is 1. The zero-order valence-electron chi connectivity index (χ0n) is 16.9. The molecule has 1 atom stereocenters.